The number of hydrogen-bond acceptors (Lipinski definition) is 8. The molecule has 0 unspecified atom stereocenters. The topological polar surface area (TPSA) is 126 Å². The van der Waals surface area contributed by atoms with E-state index in [4.69, 9.17) is 16.3 Å². The number of carbonyl (C=O) groups is 2. The molecule has 0 aliphatic carbocycles. The fourth-order valence-corrected chi connectivity index (χ4v) is 5.24. The molecule has 2 aromatic heterocycles. The van der Waals surface area contributed by atoms with Crippen LogP contribution < -0.4 is 16.0 Å². The number of aryl methyl sites for hydroxylation is 1. The molecule has 4 aromatic rings. The molecule has 1 atom stereocenters. The van der Waals surface area contributed by atoms with Crippen LogP contribution in [-0.2, 0) is 29.2 Å². The number of nitrogens with one attached hydrogen (secondary N) is 3. The molecule has 3 heterocycles. The molecular formula is C30H34ClFN8O3. The molecule has 1 aliphatic heterocycles. The second-order valence-corrected chi connectivity index (χ2v) is 10.8. The van der Waals surface area contributed by atoms with E-state index in [1.54, 1.807) is 24.4 Å². The molecule has 3 N–H and O–H groups in total. The van der Waals surface area contributed by atoms with E-state index in [0.29, 0.717) is 24.3 Å². The van der Waals surface area contributed by atoms with Crippen molar-refractivity contribution in [2.24, 2.45) is 0 Å². The first-order valence-electron chi connectivity index (χ1n) is 14.2. The minimum atomic E-state index is -0.661. The molecule has 0 spiro atoms. The first kappa shape index (κ1) is 30.3. The third-order valence-corrected chi connectivity index (χ3v) is 7.74. The fourth-order valence-electron chi connectivity index (χ4n) is 5.05. The molecule has 0 saturated heterocycles. The number of ether oxygens (including phenoxy) is 1. The Balaban J connectivity index is 1.13. The zero-order valence-corrected chi connectivity index (χ0v) is 24.6. The van der Waals surface area contributed by atoms with Crippen molar-refractivity contribution in [3.05, 3.63) is 82.8 Å². The summed E-state index contributed by atoms with van der Waals surface area (Å²) < 4.78 is 21.3. The summed E-state index contributed by atoms with van der Waals surface area (Å²) in [4.78, 5) is 32.0. The van der Waals surface area contributed by atoms with Gasteiger partial charge in [-0.1, -0.05) is 48.0 Å². The molecule has 0 saturated carbocycles. The van der Waals surface area contributed by atoms with Crippen LogP contribution in [0.4, 0.5) is 15.0 Å². The van der Waals surface area contributed by atoms with Crippen molar-refractivity contribution in [3.63, 3.8) is 0 Å². The minimum absolute atomic E-state index is 0.0162. The Bertz CT molecular complexity index is 1580. The lowest BCUT2D eigenvalue weighted by atomic mass is 10.1. The van der Waals surface area contributed by atoms with E-state index in [2.05, 4.69) is 40.6 Å². The highest BCUT2D eigenvalue weighted by molar-refractivity contribution is 6.31. The largest absolute Gasteiger partial charge is 0.447 e. The van der Waals surface area contributed by atoms with Crippen molar-refractivity contribution < 1.29 is 18.7 Å². The third-order valence-electron chi connectivity index (χ3n) is 7.32. The molecule has 226 valence electrons. The van der Waals surface area contributed by atoms with Gasteiger partial charge >= 0.3 is 6.09 Å². The van der Waals surface area contributed by atoms with Crippen molar-refractivity contribution in [3.8, 4) is 0 Å². The van der Waals surface area contributed by atoms with Gasteiger partial charge in [0.25, 0.3) is 0 Å². The van der Waals surface area contributed by atoms with Gasteiger partial charge in [0.05, 0.1) is 24.2 Å². The number of amides is 2. The van der Waals surface area contributed by atoms with Crippen LogP contribution in [0.1, 0.15) is 30.1 Å². The van der Waals surface area contributed by atoms with E-state index in [9.17, 15) is 14.0 Å². The number of hydrogen-bond donors (Lipinski definition) is 3. The standard InChI is InChI=1S/C30H34ClFN8O3/c1-20-37-38-27-18-39(12-13-40(20)27)11-5-9-24(35-28(41)17-33-15-23-8-4-10-25(32)29(23)31)19-43-30(42)36-26-14-21-6-2-3-7-22(21)16-34-26/h2-4,6-8,10,14,16,24,33H,5,9,11-13,15,17-19H2,1H3,(H,35,41)(H,34,36,42)/t24-/m0/s1. The predicted octanol–water partition coefficient (Wildman–Crippen LogP) is 4.05. The Hall–Kier alpha value is -4.13. The van der Waals surface area contributed by atoms with Crippen molar-refractivity contribution in [1.29, 1.82) is 0 Å². The van der Waals surface area contributed by atoms with Crippen LogP contribution in [0.3, 0.4) is 0 Å². The lowest BCUT2D eigenvalue weighted by Gasteiger charge is -2.28. The van der Waals surface area contributed by atoms with E-state index in [-0.39, 0.29) is 30.6 Å². The van der Waals surface area contributed by atoms with Gasteiger partial charge in [-0.15, -0.1) is 10.2 Å². The van der Waals surface area contributed by atoms with Crippen molar-refractivity contribution in [1.82, 2.24) is 35.3 Å². The first-order valence-corrected chi connectivity index (χ1v) is 14.6. The van der Waals surface area contributed by atoms with E-state index in [1.165, 1.54) is 6.07 Å². The number of halogens is 2. The SMILES string of the molecule is Cc1nnc2n1CCN(CCC[C@@H](COC(=O)Nc1cc3ccccc3cn1)NC(=O)CNCc1cccc(F)c1Cl)C2. The number of nitrogens with zero attached hydrogens (tertiary/aromatic N) is 5. The molecule has 11 nitrogen and oxygen atoms in total. The van der Waals surface area contributed by atoms with Crippen LogP contribution in [-0.4, -0.2) is 68.9 Å². The number of carbonyl (C=O) groups excluding carboxylic acids is 2. The minimum Gasteiger partial charge on any atom is -0.447 e. The average molecular weight is 609 g/mol. The Morgan fingerprint density at radius 3 is 2.81 bits per heavy atom. The summed E-state index contributed by atoms with van der Waals surface area (Å²) in [5.41, 5.74) is 0.556. The van der Waals surface area contributed by atoms with Gasteiger partial charge in [-0.05, 0) is 49.4 Å². The highest BCUT2D eigenvalue weighted by Gasteiger charge is 2.21. The second kappa shape index (κ2) is 14.4. The summed E-state index contributed by atoms with van der Waals surface area (Å²) in [6.07, 6.45) is 2.38. The van der Waals surface area contributed by atoms with Crippen LogP contribution in [0.2, 0.25) is 5.02 Å². The normalized spacial score (nSPS) is 13.8. The smallest absolute Gasteiger partial charge is 0.412 e. The Morgan fingerprint density at radius 1 is 1.12 bits per heavy atom. The molecule has 0 radical (unpaired) electrons. The molecule has 5 rings (SSSR count). The summed E-state index contributed by atoms with van der Waals surface area (Å²) in [6, 6.07) is 13.6. The maximum absolute atomic E-state index is 13.7. The number of rotatable bonds is 12. The maximum Gasteiger partial charge on any atom is 0.412 e. The van der Waals surface area contributed by atoms with Crippen LogP contribution in [0.5, 0.6) is 0 Å². The number of aromatic nitrogens is 4. The third kappa shape index (κ3) is 8.25. The van der Waals surface area contributed by atoms with Gasteiger partial charge in [-0.2, -0.15) is 0 Å². The molecule has 0 bridgehead atoms. The van der Waals surface area contributed by atoms with Crippen LogP contribution in [0, 0.1) is 12.7 Å². The van der Waals surface area contributed by atoms with Crippen LogP contribution >= 0.6 is 11.6 Å². The highest BCUT2D eigenvalue weighted by Crippen LogP contribution is 2.19. The summed E-state index contributed by atoms with van der Waals surface area (Å²) in [7, 11) is 0. The number of benzene rings is 2. The zero-order valence-electron chi connectivity index (χ0n) is 23.9. The van der Waals surface area contributed by atoms with Gasteiger partial charge in [0.2, 0.25) is 5.91 Å². The van der Waals surface area contributed by atoms with Gasteiger partial charge in [0, 0.05) is 31.2 Å². The van der Waals surface area contributed by atoms with Crippen LogP contribution in [0.25, 0.3) is 10.8 Å². The zero-order chi connectivity index (χ0) is 30.2. The summed E-state index contributed by atoms with van der Waals surface area (Å²) in [5, 5.41) is 19.0. The first-order chi connectivity index (χ1) is 20.9. The monoisotopic (exact) mass is 608 g/mol. The average Bonchev–Trinajstić information content (AvgIpc) is 3.37. The Morgan fingerprint density at radius 2 is 1.95 bits per heavy atom. The molecule has 43 heavy (non-hydrogen) atoms. The van der Waals surface area contributed by atoms with Gasteiger partial charge < -0.3 is 19.9 Å². The molecule has 2 aromatic carbocycles. The number of fused-ring (bicyclic) bond motifs is 2. The number of anilines is 1. The summed E-state index contributed by atoms with van der Waals surface area (Å²) >= 11 is 6.01. The molecule has 0 fully saturated rings. The molecular weight excluding hydrogens is 575 g/mol. The van der Waals surface area contributed by atoms with Crippen molar-refractivity contribution >= 4 is 40.2 Å². The summed E-state index contributed by atoms with van der Waals surface area (Å²) in [6.45, 7) is 5.36. The van der Waals surface area contributed by atoms with E-state index in [1.807, 2.05) is 31.2 Å². The van der Waals surface area contributed by atoms with Gasteiger partial charge in [-0.25, -0.2) is 14.2 Å². The Labute approximate surface area is 253 Å². The van der Waals surface area contributed by atoms with Gasteiger partial charge in [0.15, 0.2) is 0 Å². The molecule has 1 aliphatic rings. The van der Waals surface area contributed by atoms with Crippen molar-refractivity contribution in [2.75, 3.05) is 31.6 Å². The van der Waals surface area contributed by atoms with Crippen LogP contribution in [0.15, 0.2) is 54.7 Å². The number of pyridine rings is 1. The fraction of sp³-hybridized carbons (Fsp3) is 0.367. The highest BCUT2D eigenvalue weighted by atomic mass is 35.5. The predicted molar refractivity (Wildman–Crippen MR) is 161 cm³/mol. The van der Waals surface area contributed by atoms with Gasteiger partial charge in [0.1, 0.15) is 29.9 Å². The van der Waals surface area contributed by atoms with Crippen molar-refractivity contribution in [2.45, 2.75) is 45.4 Å². The Kier molecular flexibility index (Phi) is 10.1. The van der Waals surface area contributed by atoms with E-state index >= 15 is 0 Å². The van der Waals surface area contributed by atoms with Gasteiger partial charge in [-0.3, -0.25) is 15.0 Å². The second-order valence-electron chi connectivity index (χ2n) is 10.5. The van der Waals surface area contributed by atoms with E-state index in [0.717, 1.165) is 48.5 Å². The lowest BCUT2D eigenvalue weighted by Crippen LogP contribution is -2.43. The summed E-state index contributed by atoms with van der Waals surface area (Å²) in [5.74, 6) is 1.45. The van der Waals surface area contributed by atoms with E-state index < -0.39 is 18.0 Å². The molecule has 2 amide bonds. The molecule has 13 heteroatoms. The quantitative estimate of drug-likeness (QED) is 0.220. The maximum atomic E-state index is 13.7. The lowest BCUT2D eigenvalue weighted by molar-refractivity contribution is -0.121.